The van der Waals surface area contributed by atoms with Crippen LogP contribution < -0.4 is 10.1 Å². The number of allylic oxidation sites excluding steroid dienone is 1. The smallest absolute Gasteiger partial charge is 0.189 e. The van der Waals surface area contributed by atoms with Crippen LogP contribution in [0.1, 0.15) is 38.8 Å². The van der Waals surface area contributed by atoms with Crippen LogP contribution >= 0.6 is 0 Å². The van der Waals surface area contributed by atoms with E-state index in [0.717, 1.165) is 16.8 Å². The number of hydrogen-bond acceptors (Lipinski definition) is 5. The molecule has 0 radical (unpaired) electrons. The summed E-state index contributed by atoms with van der Waals surface area (Å²) < 4.78 is 5.35. The van der Waals surface area contributed by atoms with Gasteiger partial charge in [0.2, 0.25) is 0 Å². The number of carbonyl (C=O) groups is 2. The van der Waals surface area contributed by atoms with Crippen LogP contribution in [-0.2, 0) is 6.42 Å². The van der Waals surface area contributed by atoms with Gasteiger partial charge in [-0.2, -0.15) is 0 Å². The van der Waals surface area contributed by atoms with Gasteiger partial charge >= 0.3 is 0 Å². The first-order valence-corrected chi connectivity index (χ1v) is 7.64. The van der Waals surface area contributed by atoms with Gasteiger partial charge in [-0.25, -0.2) is 0 Å². The second-order valence-electron chi connectivity index (χ2n) is 5.65. The molecule has 1 aliphatic carbocycles. The van der Waals surface area contributed by atoms with Gasteiger partial charge < -0.3 is 10.1 Å². The molecule has 0 saturated carbocycles. The van der Waals surface area contributed by atoms with Crippen molar-refractivity contribution in [2.45, 2.75) is 13.3 Å². The quantitative estimate of drug-likeness (QED) is 0.692. The summed E-state index contributed by atoms with van der Waals surface area (Å²) in [5, 5.41) is 3.04. The van der Waals surface area contributed by atoms with Crippen molar-refractivity contribution < 1.29 is 14.3 Å². The third kappa shape index (κ3) is 2.69. The highest BCUT2D eigenvalue weighted by Gasteiger charge is 2.27. The van der Waals surface area contributed by atoms with Gasteiger partial charge in [-0.15, -0.1) is 0 Å². The number of hydrogen-bond donors (Lipinski definition) is 1. The minimum Gasteiger partial charge on any atom is -0.495 e. The Balaban J connectivity index is 2.04. The van der Waals surface area contributed by atoms with Gasteiger partial charge in [-0.3, -0.25) is 14.6 Å². The fourth-order valence-electron chi connectivity index (χ4n) is 2.93. The van der Waals surface area contributed by atoms with Crippen molar-refractivity contribution in [3.05, 3.63) is 58.4 Å². The number of benzene rings is 1. The standard InChI is InChI=1S/C19H18N2O3/c1-11(22)16-10-21-5-4-12(16)6-14-7-13-8-18(24-3)17(20-2)9-15(13)19(14)23/h4-6,8-10,20H,7H2,1-3H3/b14-6+. The molecule has 5 heteroatoms. The molecule has 1 aromatic carbocycles. The van der Waals surface area contributed by atoms with E-state index in [1.165, 1.54) is 13.1 Å². The summed E-state index contributed by atoms with van der Waals surface area (Å²) in [7, 11) is 3.39. The fraction of sp³-hybridized carbons (Fsp3) is 0.211. The minimum absolute atomic E-state index is 0.0181. The number of fused-ring (bicyclic) bond motifs is 1. The van der Waals surface area contributed by atoms with E-state index in [2.05, 4.69) is 10.3 Å². The zero-order valence-corrected chi connectivity index (χ0v) is 13.8. The highest BCUT2D eigenvalue weighted by Crippen LogP contribution is 2.35. The SMILES string of the molecule is CNc1cc2c(cc1OC)C/C(=C\c1ccncc1C(C)=O)C2=O. The van der Waals surface area contributed by atoms with Gasteiger partial charge in [0, 0.05) is 42.6 Å². The Morgan fingerprint density at radius 3 is 2.83 bits per heavy atom. The van der Waals surface area contributed by atoms with Crippen molar-refractivity contribution in [2.24, 2.45) is 0 Å². The molecule has 2 aromatic rings. The second kappa shape index (κ2) is 6.28. The van der Waals surface area contributed by atoms with E-state index in [4.69, 9.17) is 4.74 Å². The van der Waals surface area contributed by atoms with E-state index in [1.54, 1.807) is 32.5 Å². The van der Waals surface area contributed by atoms with Gasteiger partial charge in [-0.05, 0) is 42.3 Å². The number of ketones is 2. The van der Waals surface area contributed by atoms with Crippen LogP contribution in [0, 0.1) is 0 Å². The highest BCUT2D eigenvalue weighted by atomic mass is 16.5. The van der Waals surface area contributed by atoms with Crippen molar-refractivity contribution in [1.82, 2.24) is 4.98 Å². The Labute approximate surface area is 140 Å². The van der Waals surface area contributed by atoms with Crippen LogP contribution in [0.15, 0.2) is 36.2 Å². The summed E-state index contributed by atoms with van der Waals surface area (Å²) >= 11 is 0. The van der Waals surface area contributed by atoms with E-state index < -0.39 is 0 Å². The van der Waals surface area contributed by atoms with Crippen LogP contribution in [0.4, 0.5) is 5.69 Å². The summed E-state index contributed by atoms with van der Waals surface area (Å²) in [5.41, 5.74) is 4.27. The van der Waals surface area contributed by atoms with E-state index >= 15 is 0 Å². The Bertz CT molecular complexity index is 869. The first kappa shape index (κ1) is 15.9. The predicted molar refractivity (Wildman–Crippen MR) is 92.8 cm³/mol. The maximum absolute atomic E-state index is 12.7. The molecule has 1 aromatic heterocycles. The molecule has 0 fully saturated rings. The second-order valence-corrected chi connectivity index (χ2v) is 5.65. The van der Waals surface area contributed by atoms with Crippen LogP contribution in [0.5, 0.6) is 5.75 Å². The number of rotatable bonds is 4. The number of carbonyl (C=O) groups excluding carboxylic acids is 2. The van der Waals surface area contributed by atoms with Gasteiger partial charge in [-0.1, -0.05) is 0 Å². The number of anilines is 1. The van der Waals surface area contributed by atoms with Crippen molar-refractivity contribution in [3.8, 4) is 5.75 Å². The van der Waals surface area contributed by atoms with Gasteiger partial charge in [0.1, 0.15) is 5.75 Å². The van der Waals surface area contributed by atoms with E-state index in [-0.39, 0.29) is 11.6 Å². The summed E-state index contributed by atoms with van der Waals surface area (Å²) in [4.78, 5) is 28.4. The number of ether oxygens (including phenoxy) is 1. The molecule has 122 valence electrons. The molecular weight excluding hydrogens is 304 g/mol. The normalized spacial score (nSPS) is 14.6. The molecular formula is C19H18N2O3. The van der Waals surface area contributed by atoms with E-state index in [0.29, 0.717) is 28.9 Å². The lowest BCUT2D eigenvalue weighted by atomic mass is 10.0. The molecule has 1 aliphatic rings. The summed E-state index contributed by atoms with van der Waals surface area (Å²) in [6.07, 6.45) is 5.46. The molecule has 0 bridgehead atoms. The molecule has 3 rings (SSSR count). The van der Waals surface area contributed by atoms with Gasteiger partial charge in [0.25, 0.3) is 0 Å². The number of methoxy groups -OCH3 is 1. The summed E-state index contributed by atoms with van der Waals surface area (Å²) in [5.74, 6) is 0.617. The van der Waals surface area contributed by atoms with Crippen LogP contribution in [0.2, 0.25) is 0 Å². The van der Waals surface area contributed by atoms with Crippen LogP contribution in [-0.4, -0.2) is 30.7 Å². The predicted octanol–water partition coefficient (Wildman–Crippen LogP) is 3.16. The maximum atomic E-state index is 12.7. The lowest BCUT2D eigenvalue weighted by Crippen LogP contribution is -2.00. The molecule has 0 atom stereocenters. The largest absolute Gasteiger partial charge is 0.495 e. The first-order chi connectivity index (χ1) is 11.5. The van der Waals surface area contributed by atoms with Gasteiger partial charge in [0.05, 0.1) is 12.8 Å². The molecule has 0 saturated heterocycles. The molecule has 0 unspecified atom stereocenters. The Morgan fingerprint density at radius 2 is 2.17 bits per heavy atom. The number of nitrogens with one attached hydrogen (secondary N) is 1. The van der Waals surface area contributed by atoms with Crippen LogP contribution in [0.25, 0.3) is 6.08 Å². The van der Waals surface area contributed by atoms with Gasteiger partial charge in [0.15, 0.2) is 11.6 Å². The molecule has 0 amide bonds. The van der Waals surface area contributed by atoms with E-state index in [1.807, 2.05) is 12.1 Å². The molecule has 1 heterocycles. The average Bonchev–Trinajstić information content (AvgIpc) is 2.89. The molecule has 1 N–H and O–H groups in total. The zero-order chi connectivity index (χ0) is 17.3. The lowest BCUT2D eigenvalue weighted by Gasteiger charge is -2.09. The molecule has 24 heavy (non-hydrogen) atoms. The Hall–Kier alpha value is -2.95. The lowest BCUT2D eigenvalue weighted by molar-refractivity contribution is 0.101. The third-order valence-corrected chi connectivity index (χ3v) is 4.18. The van der Waals surface area contributed by atoms with Crippen molar-refractivity contribution >= 4 is 23.3 Å². The molecule has 0 spiro atoms. The average molecular weight is 322 g/mol. The van der Waals surface area contributed by atoms with Crippen molar-refractivity contribution in [1.29, 1.82) is 0 Å². The number of Topliss-reactive ketones (excluding diaryl/α,β-unsaturated/α-hetero) is 2. The number of nitrogens with zero attached hydrogens (tertiary/aromatic N) is 1. The Morgan fingerprint density at radius 1 is 1.38 bits per heavy atom. The monoisotopic (exact) mass is 322 g/mol. The number of pyridine rings is 1. The van der Waals surface area contributed by atoms with Crippen LogP contribution in [0.3, 0.4) is 0 Å². The highest BCUT2D eigenvalue weighted by molar-refractivity contribution is 6.16. The number of aromatic nitrogens is 1. The molecule has 0 aliphatic heterocycles. The summed E-state index contributed by atoms with van der Waals surface area (Å²) in [6, 6.07) is 5.45. The molecule has 5 nitrogen and oxygen atoms in total. The first-order valence-electron chi connectivity index (χ1n) is 7.64. The summed E-state index contributed by atoms with van der Waals surface area (Å²) in [6.45, 7) is 1.49. The topological polar surface area (TPSA) is 68.3 Å². The fourth-order valence-corrected chi connectivity index (χ4v) is 2.93. The van der Waals surface area contributed by atoms with E-state index in [9.17, 15) is 9.59 Å². The zero-order valence-electron chi connectivity index (χ0n) is 13.8. The van der Waals surface area contributed by atoms with Crippen molar-refractivity contribution in [3.63, 3.8) is 0 Å². The van der Waals surface area contributed by atoms with Crippen molar-refractivity contribution in [2.75, 3.05) is 19.5 Å². The minimum atomic E-state index is -0.0722. The maximum Gasteiger partial charge on any atom is 0.189 e. The Kier molecular flexibility index (Phi) is 4.16. The third-order valence-electron chi connectivity index (χ3n) is 4.18.